The lowest BCUT2D eigenvalue weighted by atomic mass is 10.1. The summed E-state index contributed by atoms with van der Waals surface area (Å²) in [4.78, 5) is 4.37. The molecule has 0 amide bonds. The summed E-state index contributed by atoms with van der Waals surface area (Å²) in [6.45, 7) is 4.98. The van der Waals surface area contributed by atoms with Gasteiger partial charge in [0.25, 0.3) is 0 Å². The number of aromatic nitrogens is 1. The Hall–Kier alpha value is -1.87. The van der Waals surface area contributed by atoms with Crippen LogP contribution in [0.25, 0.3) is 11.1 Å². The van der Waals surface area contributed by atoms with Crippen molar-refractivity contribution in [1.29, 1.82) is 0 Å². The van der Waals surface area contributed by atoms with Crippen LogP contribution in [0.1, 0.15) is 32.3 Å². The van der Waals surface area contributed by atoms with Crippen molar-refractivity contribution in [2.75, 3.05) is 0 Å². The van der Waals surface area contributed by atoms with Gasteiger partial charge in [-0.1, -0.05) is 12.1 Å². The van der Waals surface area contributed by atoms with E-state index in [1.165, 1.54) is 18.4 Å². The lowest BCUT2D eigenvalue weighted by Gasteiger charge is -2.11. The third-order valence-corrected chi connectivity index (χ3v) is 3.51. The minimum Gasteiger partial charge on any atom is -0.491 e. The van der Waals surface area contributed by atoms with E-state index in [4.69, 9.17) is 4.74 Å². The summed E-state index contributed by atoms with van der Waals surface area (Å²) in [5, 5.41) is 3.52. The number of nitrogens with zero attached hydrogens (tertiary/aromatic N) is 1. The number of pyridine rings is 1. The predicted molar refractivity (Wildman–Crippen MR) is 85.3 cm³/mol. The van der Waals surface area contributed by atoms with Crippen LogP contribution >= 0.6 is 0 Å². The molecule has 1 fully saturated rings. The van der Waals surface area contributed by atoms with Crippen LogP contribution in [0.15, 0.2) is 42.7 Å². The van der Waals surface area contributed by atoms with Crippen LogP contribution in [0, 0.1) is 0 Å². The van der Waals surface area contributed by atoms with Gasteiger partial charge in [0.05, 0.1) is 6.10 Å². The Balaban J connectivity index is 1.77. The summed E-state index contributed by atoms with van der Waals surface area (Å²) in [5.41, 5.74) is 3.52. The molecule has 3 heteroatoms. The van der Waals surface area contributed by atoms with Crippen LogP contribution < -0.4 is 10.1 Å². The maximum Gasteiger partial charge on any atom is 0.120 e. The fourth-order valence-electron chi connectivity index (χ4n) is 2.31. The molecule has 1 aliphatic rings. The van der Waals surface area contributed by atoms with Crippen molar-refractivity contribution in [1.82, 2.24) is 10.3 Å². The fourth-order valence-corrected chi connectivity index (χ4v) is 2.31. The van der Waals surface area contributed by atoms with Gasteiger partial charge in [0.1, 0.15) is 5.75 Å². The Morgan fingerprint density at radius 1 is 1.19 bits per heavy atom. The fraction of sp³-hybridized carbons (Fsp3) is 0.389. The molecule has 0 bridgehead atoms. The van der Waals surface area contributed by atoms with Gasteiger partial charge in [0.2, 0.25) is 0 Å². The van der Waals surface area contributed by atoms with Crippen LogP contribution in [0.4, 0.5) is 0 Å². The van der Waals surface area contributed by atoms with Crippen molar-refractivity contribution in [3.05, 3.63) is 48.3 Å². The van der Waals surface area contributed by atoms with E-state index in [9.17, 15) is 0 Å². The van der Waals surface area contributed by atoms with Crippen molar-refractivity contribution in [3.8, 4) is 16.9 Å². The first-order valence-electron chi connectivity index (χ1n) is 7.65. The maximum absolute atomic E-state index is 5.76. The molecule has 3 rings (SSSR count). The van der Waals surface area contributed by atoms with Gasteiger partial charge < -0.3 is 10.1 Å². The second kappa shape index (κ2) is 6.27. The summed E-state index contributed by atoms with van der Waals surface area (Å²) < 4.78 is 5.76. The van der Waals surface area contributed by atoms with Crippen molar-refractivity contribution < 1.29 is 4.74 Å². The normalized spacial score (nSPS) is 14.4. The molecule has 1 aromatic heterocycles. The van der Waals surface area contributed by atoms with Gasteiger partial charge in [0.15, 0.2) is 0 Å². The molecule has 110 valence electrons. The Bertz CT molecular complexity index is 606. The Kier molecular flexibility index (Phi) is 4.20. The van der Waals surface area contributed by atoms with Gasteiger partial charge >= 0.3 is 0 Å². The highest BCUT2D eigenvalue weighted by Gasteiger charge is 2.19. The van der Waals surface area contributed by atoms with Gasteiger partial charge in [-0.15, -0.1) is 0 Å². The molecule has 0 saturated heterocycles. The number of hydrogen-bond acceptors (Lipinski definition) is 3. The van der Waals surface area contributed by atoms with Gasteiger partial charge in [-0.3, -0.25) is 4.98 Å². The summed E-state index contributed by atoms with van der Waals surface area (Å²) in [7, 11) is 0. The van der Waals surface area contributed by atoms with Crippen molar-refractivity contribution in [2.24, 2.45) is 0 Å². The second-order valence-electron chi connectivity index (χ2n) is 5.93. The molecule has 0 aliphatic heterocycles. The van der Waals surface area contributed by atoms with Crippen LogP contribution in [-0.2, 0) is 6.54 Å². The van der Waals surface area contributed by atoms with Gasteiger partial charge in [-0.2, -0.15) is 0 Å². The quantitative estimate of drug-likeness (QED) is 0.875. The highest BCUT2D eigenvalue weighted by Crippen LogP contribution is 2.25. The highest BCUT2D eigenvalue weighted by molar-refractivity contribution is 5.64. The van der Waals surface area contributed by atoms with Crippen LogP contribution in [0.5, 0.6) is 5.75 Å². The first kappa shape index (κ1) is 14.1. The van der Waals surface area contributed by atoms with Crippen LogP contribution in [0.2, 0.25) is 0 Å². The van der Waals surface area contributed by atoms with Gasteiger partial charge in [-0.25, -0.2) is 0 Å². The molecule has 3 nitrogen and oxygen atoms in total. The average Bonchev–Trinajstić information content (AvgIpc) is 3.29. The van der Waals surface area contributed by atoms with E-state index in [0.717, 1.165) is 29.5 Å². The largest absolute Gasteiger partial charge is 0.491 e. The minimum atomic E-state index is 0.187. The zero-order valence-electron chi connectivity index (χ0n) is 12.7. The minimum absolute atomic E-state index is 0.187. The monoisotopic (exact) mass is 282 g/mol. The van der Waals surface area contributed by atoms with Crippen molar-refractivity contribution in [3.63, 3.8) is 0 Å². The second-order valence-corrected chi connectivity index (χ2v) is 5.93. The van der Waals surface area contributed by atoms with E-state index in [1.807, 2.05) is 38.4 Å². The lowest BCUT2D eigenvalue weighted by Crippen LogP contribution is -2.15. The third-order valence-electron chi connectivity index (χ3n) is 3.51. The highest BCUT2D eigenvalue weighted by atomic mass is 16.5. The molecule has 0 unspecified atom stereocenters. The molecule has 21 heavy (non-hydrogen) atoms. The Labute approximate surface area is 126 Å². The summed E-state index contributed by atoms with van der Waals surface area (Å²) >= 11 is 0. The molecule has 0 atom stereocenters. The van der Waals surface area contributed by atoms with E-state index < -0.39 is 0 Å². The first-order chi connectivity index (χ1) is 10.2. The average molecular weight is 282 g/mol. The SMILES string of the molecule is CC(C)Oc1cccc(-c2cncc(CNC3CC3)c2)c1. The standard InChI is InChI=1S/C18H22N2O/c1-13(2)21-18-5-3-4-15(9-18)16-8-14(10-19-12-16)11-20-17-6-7-17/h3-5,8-10,12-13,17,20H,6-7,11H2,1-2H3. The smallest absolute Gasteiger partial charge is 0.120 e. The zero-order chi connectivity index (χ0) is 14.7. The van der Waals surface area contributed by atoms with E-state index in [0.29, 0.717) is 0 Å². The van der Waals surface area contributed by atoms with Gasteiger partial charge in [-0.05, 0) is 56.0 Å². The predicted octanol–water partition coefficient (Wildman–Crippen LogP) is 3.79. The maximum atomic E-state index is 5.76. The van der Waals surface area contributed by atoms with E-state index >= 15 is 0 Å². The molecule has 1 aliphatic carbocycles. The molecular formula is C18H22N2O. The molecule has 0 spiro atoms. The topological polar surface area (TPSA) is 34.1 Å². The molecular weight excluding hydrogens is 260 g/mol. The number of ether oxygens (including phenoxy) is 1. The molecule has 2 aromatic rings. The van der Waals surface area contributed by atoms with Crippen molar-refractivity contribution in [2.45, 2.75) is 45.4 Å². The molecule has 1 saturated carbocycles. The number of hydrogen-bond donors (Lipinski definition) is 1. The lowest BCUT2D eigenvalue weighted by molar-refractivity contribution is 0.242. The van der Waals surface area contributed by atoms with Gasteiger partial charge in [0, 0.05) is 30.5 Å². The van der Waals surface area contributed by atoms with E-state index in [-0.39, 0.29) is 6.10 Å². The molecule has 0 radical (unpaired) electrons. The molecule has 1 N–H and O–H groups in total. The van der Waals surface area contributed by atoms with Crippen molar-refractivity contribution >= 4 is 0 Å². The summed E-state index contributed by atoms with van der Waals surface area (Å²) in [5.74, 6) is 0.906. The molecule has 1 aromatic carbocycles. The number of rotatable bonds is 6. The molecule has 1 heterocycles. The summed E-state index contributed by atoms with van der Waals surface area (Å²) in [6.07, 6.45) is 6.65. The number of nitrogens with one attached hydrogen (secondary N) is 1. The van der Waals surface area contributed by atoms with E-state index in [1.54, 1.807) is 0 Å². The van der Waals surface area contributed by atoms with Crippen LogP contribution in [-0.4, -0.2) is 17.1 Å². The first-order valence-corrected chi connectivity index (χ1v) is 7.65. The van der Waals surface area contributed by atoms with Crippen LogP contribution in [0.3, 0.4) is 0 Å². The Morgan fingerprint density at radius 3 is 2.81 bits per heavy atom. The summed E-state index contributed by atoms with van der Waals surface area (Å²) in [6, 6.07) is 11.1. The van der Waals surface area contributed by atoms with E-state index in [2.05, 4.69) is 28.5 Å². The number of benzene rings is 1. The zero-order valence-corrected chi connectivity index (χ0v) is 12.7. The third kappa shape index (κ3) is 4.05. The Morgan fingerprint density at radius 2 is 2.05 bits per heavy atom.